The number of hydrogen-bond acceptors (Lipinski definition) is 1. The lowest BCUT2D eigenvalue weighted by molar-refractivity contribution is 1.24. The van der Waals surface area contributed by atoms with Gasteiger partial charge in [-0.25, -0.2) is 0 Å². The van der Waals surface area contributed by atoms with E-state index in [1.165, 1.54) is 0 Å². The van der Waals surface area contributed by atoms with E-state index in [0.717, 1.165) is 22.4 Å². The average molecular weight is 282 g/mol. The number of halogens is 1. The van der Waals surface area contributed by atoms with Crippen LogP contribution in [0.2, 0.25) is 5.02 Å². The number of pyridine rings is 1. The normalized spacial score (nSPS) is 10.4. The Bertz CT molecular complexity index is 793. The third-order valence-corrected chi connectivity index (χ3v) is 3.32. The van der Waals surface area contributed by atoms with Crippen molar-refractivity contribution in [3.05, 3.63) is 82.1 Å². The molecule has 0 aliphatic rings. The summed E-state index contributed by atoms with van der Waals surface area (Å²) >= 11 is 6.01. The average Bonchev–Trinajstić information content (AvgIpc) is 2.47. The molecule has 2 nitrogen and oxygen atoms in total. The maximum Gasteiger partial charge on any atom is 0.249 e. The summed E-state index contributed by atoms with van der Waals surface area (Å²) in [5.41, 5.74) is 3.44. The van der Waals surface area contributed by atoms with Crippen molar-refractivity contribution in [3.8, 4) is 22.4 Å². The fourth-order valence-electron chi connectivity index (χ4n) is 2.15. The van der Waals surface area contributed by atoms with E-state index in [1.54, 1.807) is 6.07 Å². The number of nitrogens with one attached hydrogen (secondary N) is 1. The molecule has 1 aromatic heterocycles. The molecule has 0 spiro atoms. The summed E-state index contributed by atoms with van der Waals surface area (Å²) in [6, 6.07) is 20.8. The van der Waals surface area contributed by atoms with Gasteiger partial charge in [-0.1, -0.05) is 54.1 Å². The molecule has 0 amide bonds. The zero-order valence-electron chi connectivity index (χ0n) is 10.6. The summed E-state index contributed by atoms with van der Waals surface area (Å²) < 4.78 is 0. The Morgan fingerprint density at radius 3 is 2.25 bits per heavy atom. The Kier molecular flexibility index (Phi) is 3.40. The highest BCUT2D eigenvalue weighted by Crippen LogP contribution is 2.25. The van der Waals surface area contributed by atoms with Gasteiger partial charge in [0.2, 0.25) is 5.56 Å². The van der Waals surface area contributed by atoms with Gasteiger partial charge >= 0.3 is 0 Å². The maximum atomic E-state index is 11.9. The number of H-pyrrole nitrogens is 1. The van der Waals surface area contributed by atoms with Crippen LogP contribution in [0.25, 0.3) is 22.4 Å². The van der Waals surface area contributed by atoms with Gasteiger partial charge in [-0.15, -0.1) is 0 Å². The van der Waals surface area contributed by atoms with Gasteiger partial charge in [-0.3, -0.25) is 4.79 Å². The molecule has 0 unspecified atom stereocenters. The summed E-state index contributed by atoms with van der Waals surface area (Å²) in [4.78, 5) is 14.7. The second-order valence-corrected chi connectivity index (χ2v) is 4.96. The molecule has 0 saturated carbocycles. The van der Waals surface area contributed by atoms with E-state index in [0.29, 0.717) is 5.02 Å². The van der Waals surface area contributed by atoms with Crippen LogP contribution in [-0.4, -0.2) is 4.98 Å². The molecule has 0 atom stereocenters. The number of rotatable bonds is 2. The molecule has 0 saturated heterocycles. The predicted molar refractivity (Wildman–Crippen MR) is 82.9 cm³/mol. The minimum Gasteiger partial charge on any atom is -0.322 e. The van der Waals surface area contributed by atoms with E-state index in [1.807, 2.05) is 60.7 Å². The summed E-state index contributed by atoms with van der Waals surface area (Å²) in [6.07, 6.45) is 0. The molecule has 0 aliphatic carbocycles. The lowest BCUT2D eigenvalue weighted by atomic mass is 10.0. The Labute approximate surface area is 121 Å². The molecule has 1 N–H and O–H groups in total. The third kappa shape index (κ3) is 2.65. The molecule has 3 heteroatoms. The Morgan fingerprint density at radius 2 is 1.50 bits per heavy atom. The van der Waals surface area contributed by atoms with Gasteiger partial charge in [-0.2, -0.15) is 0 Å². The van der Waals surface area contributed by atoms with Crippen LogP contribution in [0.3, 0.4) is 0 Å². The van der Waals surface area contributed by atoms with E-state index in [9.17, 15) is 4.79 Å². The quantitative estimate of drug-likeness (QED) is 0.744. The van der Waals surface area contributed by atoms with E-state index in [2.05, 4.69) is 4.98 Å². The fourth-order valence-corrected chi connectivity index (χ4v) is 2.34. The van der Waals surface area contributed by atoms with Crippen molar-refractivity contribution in [3.63, 3.8) is 0 Å². The largest absolute Gasteiger partial charge is 0.322 e. The highest BCUT2D eigenvalue weighted by molar-refractivity contribution is 6.30. The van der Waals surface area contributed by atoms with Crippen molar-refractivity contribution < 1.29 is 0 Å². The van der Waals surface area contributed by atoms with Gasteiger partial charge in [0.25, 0.3) is 0 Å². The maximum absolute atomic E-state index is 11.9. The second-order valence-electron chi connectivity index (χ2n) is 4.52. The Balaban J connectivity index is 2.15. The van der Waals surface area contributed by atoms with Crippen molar-refractivity contribution in [1.82, 2.24) is 4.98 Å². The van der Waals surface area contributed by atoms with Crippen LogP contribution in [0.1, 0.15) is 0 Å². The number of hydrogen-bond donors (Lipinski definition) is 1. The van der Waals surface area contributed by atoms with Gasteiger partial charge in [0.1, 0.15) is 0 Å². The minimum atomic E-state index is -0.124. The van der Waals surface area contributed by atoms with Crippen LogP contribution in [-0.2, 0) is 0 Å². The Morgan fingerprint density at radius 1 is 0.750 bits per heavy atom. The molecule has 3 rings (SSSR count). The first-order valence-electron chi connectivity index (χ1n) is 6.28. The SMILES string of the molecule is O=c1cc(-c2cccc(Cl)c2)cc(-c2ccccc2)[nH]1. The van der Waals surface area contributed by atoms with Crippen LogP contribution in [0, 0.1) is 0 Å². The highest BCUT2D eigenvalue weighted by atomic mass is 35.5. The van der Waals surface area contributed by atoms with Crippen molar-refractivity contribution in [2.45, 2.75) is 0 Å². The molecule has 2 aromatic carbocycles. The third-order valence-electron chi connectivity index (χ3n) is 3.09. The Hall–Kier alpha value is -2.32. The number of benzene rings is 2. The number of aromatic nitrogens is 1. The zero-order valence-corrected chi connectivity index (χ0v) is 11.4. The lowest BCUT2D eigenvalue weighted by Crippen LogP contribution is -2.05. The van der Waals surface area contributed by atoms with Crippen molar-refractivity contribution in [2.24, 2.45) is 0 Å². The predicted octanol–water partition coefficient (Wildman–Crippen LogP) is 4.36. The first-order valence-corrected chi connectivity index (χ1v) is 6.66. The molecular formula is C17H12ClNO. The van der Waals surface area contributed by atoms with Crippen molar-refractivity contribution in [1.29, 1.82) is 0 Å². The molecule has 1 heterocycles. The highest BCUT2D eigenvalue weighted by Gasteiger charge is 2.04. The van der Waals surface area contributed by atoms with Crippen LogP contribution in [0.4, 0.5) is 0 Å². The van der Waals surface area contributed by atoms with Crippen molar-refractivity contribution >= 4 is 11.6 Å². The number of aromatic amines is 1. The first-order chi connectivity index (χ1) is 9.72. The van der Waals surface area contributed by atoms with Gasteiger partial charge < -0.3 is 4.98 Å². The minimum absolute atomic E-state index is 0.124. The second kappa shape index (κ2) is 5.35. The van der Waals surface area contributed by atoms with E-state index >= 15 is 0 Å². The lowest BCUT2D eigenvalue weighted by Gasteiger charge is -2.06. The van der Waals surface area contributed by atoms with Gasteiger partial charge in [0, 0.05) is 16.8 Å². The molecule has 0 bridgehead atoms. The first kappa shape index (κ1) is 12.7. The molecule has 98 valence electrons. The van der Waals surface area contributed by atoms with Gasteiger partial charge in [-0.05, 0) is 34.9 Å². The summed E-state index contributed by atoms with van der Waals surface area (Å²) in [6.45, 7) is 0. The van der Waals surface area contributed by atoms with E-state index < -0.39 is 0 Å². The molecule has 3 aromatic rings. The van der Waals surface area contributed by atoms with Gasteiger partial charge in [0.15, 0.2) is 0 Å². The molecule has 0 radical (unpaired) electrons. The summed E-state index contributed by atoms with van der Waals surface area (Å²) in [7, 11) is 0. The van der Waals surface area contributed by atoms with Crippen molar-refractivity contribution in [2.75, 3.05) is 0 Å². The van der Waals surface area contributed by atoms with E-state index in [-0.39, 0.29) is 5.56 Å². The standard InChI is InChI=1S/C17H12ClNO/c18-15-8-4-7-13(9-15)14-10-16(19-17(20)11-14)12-5-2-1-3-6-12/h1-11H,(H,19,20). The van der Waals surface area contributed by atoms with Crippen LogP contribution >= 0.6 is 11.6 Å². The topological polar surface area (TPSA) is 32.9 Å². The van der Waals surface area contributed by atoms with E-state index in [4.69, 9.17) is 11.6 Å². The summed E-state index contributed by atoms with van der Waals surface area (Å²) in [5.74, 6) is 0. The van der Waals surface area contributed by atoms with Gasteiger partial charge in [0.05, 0.1) is 0 Å². The zero-order chi connectivity index (χ0) is 13.9. The smallest absolute Gasteiger partial charge is 0.249 e. The molecule has 0 aliphatic heterocycles. The van der Waals surface area contributed by atoms with Crippen LogP contribution < -0.4 is 5.56 Å². The molecular weight excluding hydrogens is 270 g/mol. The molecule has 0 fully saturated rings. The van der Waals surface area contributed by atoms with Crippen LogP contribution in [0.5, 0.6) is 0 Å². The molecule has 20 heavy (non-hydrogen) atoms. The summed E-state index contributed by atoms with van der Waals surface area (Å²) in [5, 5.41) is 0.657. The monoisotopic (exact) mass is 281 g/mol. The fraction of sp³-hybridized carbons (Fsp3) is 0. The van der Waals surface area contributed by atoms with Crippen LogP contribution in [0.15, 0.2) is 71.5 Å².